The summed E-state index contributed by atoms with van der Waals surface area (Å²) in [5.41, 5.74) is 3.38. The van der Waals surface area contributed by atoms with Crippen molar-refractivity contribution in [3.8, 4) is 5.82 Å². The normalized spacial score (nSPS) is 11.3. The second-order valence-electron chi connectivity index (χ2n) is 12.2. The first-order valence-electron chi connectivity index (χ1n) is 17.3. The topological polar surface area (TPSA) is 165 Å². The predicted octanol–water partition coefficient (Wildman–Crippen LogP) is 10.1. The fraction of sp³-hybridized carbons (Fsp3) is 0.100. The first-order valence-corrected chi connectivity index (χ1v) is 21.8. The maximum atomic E-state index is 12.2. The molecule has 17 heteroatoms. The number of rotatable bonds is 9. The number of anilines is 4. The van der Waals surface area contributed by atoms with E-state index in [9.17, 15) is 16.8 Å². The molecule has 8 rings (SSSR count). The van der Waals surface area contributed by atoms with Gasteiger partial charge in [0.1, 0.15) is 35.3 Å². The first-order chi connectivity index (χ1) is 27.3. The highest BCUT2D eigenvalue weighted by atomic mass is 35.5. The van der Waals surface area contributed by atoms with Gasteiger partial charge in [-0.2, -0.15) is 0 Å². The molecule has 3 N–H and O–H groups in total. The molecule has 0 amide bonds. The molecule has 0 aliphatic rings. The van der Waals surface area contributed by atoms with Gasteiger partial charge in [0, 0.05) is 56.8 Å². The molecule has 0 aliphatic heterocycles. The Bertz CT molecular complexity index is 2850. The second-order valence-corrected chi connectivity index (χ2v) is 18.0. The Hall–Kier alpha value is -5.51. The zero-order valence-electron chi connectivity index (χ0n) is 30.4. The van der Waals surface area contributed by atoms with Gasteiger partial charge in [-0.05, 0) is 90.3 Å². The number of halogens is 3. The third kappa shape index (κ3) is 10.7. The first kappa shape index (κ1) is 41.1. The Morgan fingerprint density at radius 2 is 1.14 bits per heavy atom. The lowest BCUT2D eigenvalue weighted by Crippen LogP contribution is -2.04. The average Bonchev–Trinajstić information content (AvgIpc) is 3.87. The third-order valence-corrected chi connectivity index (χ3v) is 12.6. The highest BCUT2D eigenvalue weighted by molar-refractivity contribution is 7.91. The van der Waals surface area contributed by atoms with Gasteiger partial charge in [0.25, 0.3) is 0 Å². The van der Waals surface area contributed by atoms with E-state index in [0.29, 0.717) is 42.4 Å². The van der Waals surface area contributed by atoms with E-state index < -0.39 is 19.7 Å². The monoisotopic (exact) mass is 860 g/mol. The molecule has 0 bridgehead atoms. The molecular formula is C40H35Cl3N8O4S2. The number of nitrogens with zero attached hydrogens (tertiary/aromatic N) is 5. The Morgan fingerprint density at radius 1 is 0.596 bits per heavy atom. The number of fused-ring (bicyclic) bond motifs is 2. The fourth-order valence-electron chi connectivity index (χ4n) is 5.37. The van der Waals surface area contributed by atoms with Crippen LogP contribution in [0.2, 0.25) is 15.2 Å². The average molecular weight is 862 g/mol. The van der Waals surface area contributed by atoms with Gasteiger partial charge in [-0.15, -0.1) is 0 Å². The quantitative estimate of drug-likeness (QED) is 0.119. The van der Waals surface area contributed by atoms with Crippen molar-refractivity contribution in [1.29, 1.82) is 0 Å². The maximum absolute atomic E-state index is 12.2. The van der Waals surface area contributed by atoms with Gasteiger partial charge < -0.3 is 20.2 Å². The molecule has 0 radical (unpaired) electrons. The molecule has 8 aromatic rings. The number of sulfone groups is 2. The summed E-state index contributed by atoms with van der Waals surface area (Å²) in [6, 6.07) is 32.2. The summed E-state index contributed by atoms with van der Waals surface area (Å²) in [5, 5.41) is 10.0. The minimum atomic E-state index is -3.29. The van der Waals surface area contributed by atoms with E-state index in [0.717, 1.165) is 33.2 Å². The van der Waals surface area contributed by atoms with Crippen LogP contribution < -0.4 is 10.6 Å². The third-order valence-electron chi connectivity index (χ3n) is 8.44. The van der Waals surface area contributed by atoms with Crippen LogP contribution in [0.5, 0.6) is 0 Å². The molecule has 4 aromatic heterocycles. The number of hydrogen-bond acceptors (Lipinski definition) is 10. The van der Waals surface area contributed by atoms with Gasteiger partial charge >= 0.3 is 0 Å². The van der Waals surface area contributed by atoms with Crippen molar-refractivity contribution in [1.82, 2.24) is 29.5 Å². The van der Waals surface area contributed by atoms with Crippen molar-refractivity contribution >= 4 is 99.3 Å². The lowest BCUT2D eigenvalue weighted by molar-refractivity contribution is 0.595. The summed E-state index contributed by atoms with van der Waals surface area (Å²) < 4.78 is 49.4. The van der Waals surface area contributed by atoms with Crippen molar-refractivity contribution in [2.24, 2.45) is 0 Å². The molecule has 0 unspecified atom stereocenters. The molecule has 0 saturated carbocycles. The lowest BCUT2D eigenvalue weighted by Gasteiger charge is -2.09. The Labute approximate surface area is 344 Å². The summed E-state index contributed by atoms with van der Waals surface area (Å²) in [5.74, 6) is 2.09. The highest BCUT2D eigenvalue weighted by Gasteiger charge is 2.15. The van der Waals surface area contributed by atoms with E-state index in [4.69, 9.17) is 34.8 Å². The molecule has 292 valence electrons. The van der Waals surface area contributed by atoms with Crippen molar-refractivity contribution < 1.29 is 16.8 Å². The molecule has 4 aromatic carbocycles. The minimum Gasteiger partial charge on any atom is -0.361 e. The smallest absolute Gasteiger partial charge is 0.178 e. The lowest BCUT2D eigenvalue weighted by atomic mass is 10.2. The van der Waals surface area contributed by atoms with Gasteiger partial charge in [0.15, 0.2) is 19.7 Å². The molecule has 0 spiro atoms. The van der Waals surface area contributed by atoms with Crippen LogP contribution in [0.1, 0.15) is 13.8 Å². The Balaban J connectivity index is 0.000000159. The van der Waals surface area contributed by atoms with Crippen LogP contribution in [0, 0.1) is 0 Å². The molecule has 12 nitrogen and oxygen atoms in total. The summed E-state index contributed by atoms with van der Waals surface area (Å²) in [6.07, 6.45) is 6.53. The van der Waals surface area contributed by atoms with E-state index in [1.165, 1.54) is 12.7 Å². The number of H-pyrrole nitrogens is 1. The van der Waals surface area contributed by atoms with Crippen LogP contribution in [0.3, 0.4) is 0 Å². The van der Waals surface area contributed by atoms with Crippen molar-refractivity contribution in [3.05, 3.63) is 149 Å². The van der Waals surface area contributed by atoms with E-state index in [1.54, 1.807) is 80.7 Å². The number of benzene rings is 4. The molecule has 0 atom stereocenters. The van der Waals surface area contributed by atoms with Crippen LogP contribution in [0.15, 0.2) is 144 Å². The minimum absolute atomic E-state index is 0.0574. The van der Waals surface area contributed by atoms with Gasteiger partial charge in [0.05, 0.1) is 26.8 Å². The number of aromatic amines is 1. The highest BCUT2D eigenvalue weighted by Crippen LogP contribution is 2.26. The summed E-state index contributed by atoms with van der Waals surface area (Å²) in [4.78, 5) is 20.1. The van der Waals surface area contributed by atoms with Crippen molar-refractivity contribution in [2.75, 3.05) is 22.1 Å². The van der Waals surface area contributed by atoms with Gasteiger partial charge in [-0.3, -0.25) is 0 Å². The largest absolute Gasteiger partial charge is 0.361 e. The van der Waals surface area contributed by atoms with Crippen LogP contribution in [-0.4, -0.2) is 57.8 Å². The molecule has 0 saturated heterocycles. The van der Waals surface area contributed by atoms with E-state index in [1.807, 2.05) is 59.3 Å². The number of nitrogens with one attached hydrogen (secondary N) is 3. The summed E-state index contributed by atoms with van der Waals surface area (Å²) in [7, 11) is -6.38. The molecule has 0 aliphatic carbocycles. The van der Waals surface area contributed by atoms with Crippen LogP contribution in [-0.2, 0) is 19.7 Å². The Morgan fingerprint density at radius 3 is 1.72 bits per heavy atom. The number of aromatic nitrogens is 6. The molecule has 4 heterocycles. The van der Waals surface area contributed by atoms with Crippen LogP contribution in [0.25, 0.3) is 27.6 Å². The van der Waals surface area contributed by atoms with Crippen LogP contribution >= 0.6 is 34.8 Å². The van der Waals surface area contributed by atoms with Gasteiger partial charge in [-0.1, -0.05) is 60.8 Å². The van der Waals surface area contributed by atoms with Gasteiger partial charge in [-0.25, -0.2) is 36.8 Å². The van der Waals surface area contributed by atoms with Crippen LogP contribution in [0.4, 0.5) is 23.0 Å². The predicted molar refractivity (Wildman–Crippen MR) is 229 cm³/mol. The Kier molecular flexibility index (Phi) is 13.1. The van der Waals surface area contributed by atoms with E-state index in [-0.39, 0.29) is 11.5 Å². The number of hydrogen-bond donors (Lipinski definition) is 3. The zero-order chi connectivity index (χ0) is 40.6. The molecule has 0 fully saturated rings. The second kappa shape index (κ2) is 18.2. The summed E-state index contributed by atoms with van der Waals surface area (Å²) in [6.45, 7) is 3.28. The van der Waals surface area contributed by atoms with Gasteiger partial charge in [0.2, 0.25) is 0 Å². The van der Waals surface area contributed by atoms with Crippen molar-refractivity contribution in [2.45, 2.75) is 23.6 Å². The van der Waals surface area contributed by atoms with E-state index in [2.05, 4.69) is 35.6 Å². The maximum Gasteiger partial charge on any atom is 0.178 e. The van der Waals surface area contributed by atoms with E-state index >= 15 is 0 Å². The molecular weight excluding hydrogens is 827 g/mol. The fourth-order valence-corrected chi connectivity index (χ4v) is 7.57. The summed E-state index contributed by atoms with van der Waals surface area (Å²) >= 11 is 17.4. The standard InChI is InChI=1S/C20H17ClN4O2S.C10H7Cl2N3.C10H11NO2S/c1-2-28(26,27)17-8-3-14-9-10-25(18(14)11-17)20-12-19(22-13-23-20)24-16-6-4-15(21)5-7-16;11-7-1-3-8(4-2-7)15-10-5-9(12)13-6-14-10;1-2-14(12,13)9-4-3-8-5-6-11-10(8)7-9/h3-13H,2H2,1H3,(H,22,23,24);1-6H,(H,13,14,15);3-7,11H,2H2,1H3. The molecule has 57 heavy (non-hydrogen) atoms. The van der Waals surface area contributed by atoms with Crippen molar-refractivity contribution in [3.63, 3.8) is 0 Å². The zero-order valence-corrected chi connectivity index (χ0v) is 34.3. The SMILES string of the molecule is CCS(=O)(=O)c1ccc2cc[nH]c2c1.CCS(=O)(=O)c1ccc2ccn(-c3cc(Nc4ccc(Cl)cc4)ncn3)c2c1.Clc1ccc(Nc2cc(Cl)ncn2)cc1.